The molecule has 0 saturated carbocycles. The number of hydrogen-bond acceptors (Lipinski definition) is 3. The van der Waals surface area contributed by atoms with Crippen molar-refractivity contribution < 1.29 is 17.5 Å². The van der Waals surface area contributed by atoms with Crippen LogP contribution in [0.5, 0.6) is 5.75 Å². The zero-order valence-corrected chi connectivity index (χ0v) is 12.4. The van der Waals surface area contributed by atoms with Crippen LogP contribution in [0.25, 0.3) is 0 Å². The Morgan fingerprint density at radius 3 is 2.71 bits per heavy atom. The lowest BCUT2D eigenvalue weighted by molar-refractivity contribution is 0.316. The van der Waals surface area contributed by atoms with Crippen molar-refractivity contribution in [2.75, 3.05) is 17.5 Å². The highest BCUT2D eigenvalue weighted by Crippen LogP contribution is 2.35. The fraction of sp³-hybridized carbons (Fsp3) is 0.143. The summed E-state index contributed by atoms with van der Waals surface area (Å²) in [5.74, 6) is -0.154. The molecule has 0 bridgehead atoms. The van der Waals surface area contributed by atoms with E-state index < -0.39 is 15.8 Å². The zero-order valence-electron chi connectivity index (χ0n) is 10.8. The van der Waals surface area contributed by atoms with Gasteiger partial charge < -0.3 is 4.74 Å². The largest absolute Gasteiger partial charge is 0.489 e. The van der Waals surface area contributed by atoms with Gasteiger partial charge in [0.1, 0.15) is 18.2 Å². The molecule has 0 amide bonds. The smallest absolute Gasteiger partial charge is 0.264 e. The van der Waals surface area contributed by atoms with Crippen molar-refractivity contribution in [3.8, 4) is 5.75 Å². The van der Waals surface area contributed by atoms with Crippen LogP contribution in [0.2, 0.25) is 5.02 Å². The van der Waals surface area contributed by atoms with Crippen molar-refractivity contribution in [3.05, 3.63) is 53.3 Å². The minimum atomic E-state index is -3.81. The van der Waals surface area contributed by atoms with E-state index in [1.807, 2.05) is 0 Å². The van der Waals surface area contributed by atoms with E-state index in [4.69, 9.17) is 16.3 Å². The number of hydrogen-bond donors (Lipinski definition) is 0. The lowest BCUT2D eigenvalue weighted by Crippen LogP contribution is -2.37. The summed E-state index contributed by atoms with van der Waals surface area (Å²) in [5.41, 5.74) is 0.462. The number of rotatable bonds is 2. The third-order valence-electron chi connectivity index (χ3n) is 3.16. The Morgan fingerprint density at radius 1 is 1.19 bits per heavy atom. The van der Waals surface area contributed by atoms with Crippen molar-refractivity contribution in [2.45, 2.75) is 4.90 Å². The van der Waals surface area contributed by atoms with Crippen LogP contribution < -0.4 is 9.04 Å². The first kappa shape index (κ1) is 14.2. The molecule has 0 atom stereocenters. The van der Waals surface area contributed by atoms with Crippen molar-refractivity contribution >= 4 is 27.3 Å². The first-order chi connectivity index (χ1) is 10.00. The maximum absolute atomic E-state index is 13.2. The summed E-state index contributed by atoms with van der Waals surface area (Å²) in [4.78, 5) is -0.0504. The Balaban J connectivity index is 2.09. The van der Waals surface area contributed by atoms with Gasteiger partial charge in [0, 0.05) is 0 Å². The highest BCUT2D eigenvalue weighted by atomic mass is 35.5. The second-order valence-corrected chi connectivity index (χ2v) is 6.74. The van der Waals surface area contributed by atoms with Crippen molar-refractivity contribution in [1.82, 2.24) is 0 Å². The van der Waals surface area contributed by atoms with E-state index in [9.17, 15) is 12.8 Å². The molecule has 2 aromatic rings. The molecule has 1 aliphatic heterocycles. The third kappa shape index (κ3) is 2.45. The highest BCUT2D eigenvalue weighted by molar-refractivity contribution is 7.92. The second kappa shape index (κ2) is 5.20. The van der Waals surface area contributed by atoms with Gasteiger partial charge in [-0.2, -0.15) is 0 Å². The van der Waals surface area contributed by atoms with E-state index in [-0.39, 0.29) is 23.1 Å². The predicted molar refractivity (Wildman–Crippen MR) is 77.9 cm³/mol. The molecule has 21 heavy (non-hydrogen) atoms. The van der Waals surface area contributed by atoms with E-state index in [0.717, 1.165) is 12.1 Å². The molecule has 4 nitrogen and oxygen atoms in total. The number of ether oxygens (including phenoxy) is 1. The van der Waals surface area contributed by atoms with Crippen LogP contribution in [0.4, 0.5) is 10.1 Å². The SMILES string of the molecule is O=S(=O)(c1ccc(F)c(Cl)c1)N1CCOc2ccccc21. The summed E-state index contributed by atoms with van der Waals surface area (Å²) in [6, 6.07) is 10.2. The van der Waals surface area contributed by atoms with Gasteiger partial charge in [0.05, 0.1) is 22.2 Å². The van der Waals surface area contributed by atoms with Crippen LogP contribution in [0.15, 0.2) is 47.4 Å². The average molecular weight is 328 g/mol. The van der Waals surface area contributed by atoms with Crippen molar-refractivity contribution in [2.24, 2.45) is 0 Å². The van der Waals surface area contributed by atoms with Crippen LogP contribution in [0, 0.1) is 5.82 Å². The second-order valence-electron chi connectivity index (χ2n) is 4.47. The summed E-state index contributed by atoms with van der Waals surface area (Å²) in [6.07, 6.45) is 0. The number of halogens is 2. The van der Waals surface area contributed by atoms with E-state index in [2.05, 4.69) is 0 Å². The normalized spacial score (nSPS) is 14.5. The van der Waals surface area contributed by atoms with Gasteiger partial charge in [0.15, 0.2) is 0 Å². The van der Waals surface area contributed by atoms with E-state index in [1.165, 1.54) is 10.4 Å². The Hall–Kier alpha value is -1.79. The molecule has 3 rings (SSSR count). The number of benzene rings is 2. The van der Waals surface area contributed by atoms with Crippen LogP contribution >= 0.6 is 11.6 Å². The monoisotopic (exact) mass is 327 g/mol. The van der Waals surface area contributed by atoms with E-state index in [0.29, 0.717) is 11.4 Å². The van der Waals surface area contributed by atoms with Crippen LogP contribution in [-0.2, 0) is 10.0 Å². The number of fused-ring (bicyclic) bond motifs is 1. The third-order valence-corrected chi connectivity index (χ3v) is 5.26. The summed E-state index contributed by atoms with van der Waals surface area (Å²) in [5, 5.41) is -0.224. The molecule has 2 aromatic carbocycles. The lowest BCUT2D eigenvalue weighted by Gasteiger charge is -2.30. The van der Waals surface area contributed by atoms with E-state index in [1.54, 1.807) is 24.3 Å². The maximum Gasteiger partial charge on any atom is 0.264 e. The molecule has 0 N–H and O–H groups in total. The number of para-hydroxylation sites is 2. The minimum Gasteiger partial charge on any atom is -0.489 e. The molecule has 1 aliphatic rings. The van der Waals surface area contributed by atoms with Crippen molar-refractivity contribution in [3.63, 3.8) is 0 Å². The van der Waals surface area contributed by atoms with Gasteiger partial charge >= 0.3 is 0 Å². The van der Waals surface area contributed by atoms with Gasteiger partial charge in [-0.15, -0.1) is 0 Å². The van der Waals surface area contributed by atoms with Gasteiger partial charge in [-0.1, -0.05) is 23.7 Å². The van der Waals surface area contributed by atoms with Crippen LogP contribution in [0.3, 0.4) is 0 Å². The Kier molecular flexibility index (Phi) is 3.51. The Bertz CT molecular complexity index is 795. The predicted octanol–water partition coefficient (Wildman–Crippen LogP) is 3.07. The number of anilines is 1. The summed E-state index contributed by atoms with van der Waals surface area (Å²) in [7, 11) is -3.81. The first-order valence-corrected chi connectivity index (χ1v) is 8.01. The zero-order chi connectivity index (χ0) is 15.0. The van der Waals surface area contributed by atoms with E-state index >= 15 is 0 Å². The topological polar surface area (TPSA) is 46.6 Å². The molecule has 0 aromatic heterocycles. The van der Waals surface area contributed by atoms with Gasteiger partial charge in [0.25, 0.3) is 10.0 Å². The van der Waals surface area contributed by atoms with Gasteiger partial charge in [0.2, 0.25) is 0 Å². The van der Waals surface area contributed by atoms with Gasteiger partial charge in [-0.05, 0) is 30.3 Å². The molecular weight excluding hydrogens is 317 g/mol. The average Bonchev–Trinajstić information content (AvgIpc) is 2.49. The lowest BCUT2D eigenvalue weighted by atomic mass is 10.2. The summed E-state index contributed by atoms with van der Waals surface area (Å²) < 4.78 is 45.3. The molecule has 110 valence electrons. The molecule has 0 fully saturated rings. The number of nitrogens with zero attached hydrogens (tertiary/aromatic N) is 1. The molecule has 7 heteroatoms. The number of sulfonamides is 1. The van der Waals surface area contributed by atoms with Gasteiger partial charge in [-0.3, -0.25) is 4.31 Å². The highest BCUT2D eigenvalue weighted by Gasteiger charge is 2.30. The first-order valence-electron chi connectivity index (χ1n) is 6.20. The standard InChI is InChI=1S/C14H11ClFNO3S/c15-11-9-10(5-6-12(11)16)21(18,19)17-7-8-20-14-4-2-1-3-13(14)17/h1-6,9H,7-8H2. The molecule has 0 aliphatic carbocycles. The Labute approximate surface area is 126 Å². The minimum absolute atomic E-state index is 0.0504. The molecule has 0 unspecified atom stereocenters. The summed E-state index contributed by atoms with van der Waals surface area (Å²) >= 11 is 5.68. The molecular formula is C14H11ClFNO3S. The van der Waals surface area contributed by atoms with Crippen LogP contribution in [0.1, 0.15) is 0 Å². The van der Waals surface area contributed by atoms with Gasteiger partial charge in [-0.25, -0.2) is 12.8 Å². The Morgan fingerprint density at radius 2 is 1.95 bits per heavy atom. The fourth-order valence-electron chi connectivity index (χ4n) is 2.16. The summed E-state index contributed by atoms with van der Waals surface area (Å²) in [6.45, 7) is 0.444. The maximum atomic E-state index is 13.2. The fourth-order valence-corrected chi connectivity index (χ4v) is 3.89. The molecule has 0 spiro atoms. The van der Waals surface area contributed by atoms with Crippen molar-refractivity contribution in [1.29, 1.82) is 0 Å². The molecule has 1 heterocycles. The molecule has 0 saturated heterocycles. The quantitative estimate of drug-likeness (QED) is 0.851. The van der Waals surface area contributed by atoms with Crippen LogP contribution in [-0.4, -0.2) is 21.6 Å². The molecule has 0 radical (unpaired) electrons.